The maximum absolute atomic E-state index is 12.3. The van der Waals surface area contributed by atoms with Crippen molar-refractivity contribution in [2.45, 2.75) is 38.6 Å². The minimum Gasteiger partial charge on any atom is -0.492 e. The Morgan fingerprint density at radius 2 is 1.86 bits per heavy atom. The lowest BCUT2D eigenvalue weighted by Crippen LogP contribution is -2.37. The third-order valence-electron chi connectivity index (χ3n) is 3.11. The Morgan fingerprint density at radius 3 is 2.41 bits per heavy atom. The molecule has 0 saturated carbocycles. The van der Waals surface area contributed by atoms with Gasteiger partial charge >= 0.3 is 0 Å². The zero-order valence-corrected chi connectivity index (χ0v) is 13.9. The van der Waals surface area contributed by atoms with Crippen LogP contribution >= 0.6 is 0 Å². The van der Waals surface area contributed by atoms with Gasteiger partial charge in [0.1, 0.15) is 22.9 Å². The Balaban J connectivity index is 1.99. The molecule has 22 heavy (non-hydrogen) atoms. The quantitative estimate of drug-likeness (QED) is 0.882. The summed E-state index contributed by atoms with van der Waals surface area (Å²) in [6.07, 6.45) is 0. The van der Waals surface area contributed by atoms with Gasteiger partial charge in [-0.15, -0.1) is 0 Å². The van der Waals surface area contributed by atoms with E-state index in [1.54, 1.807) is 20.8 Å². The number of nitrogens with one attached hydrogen (secondary N) is 1. The largest absolute Gasteiger partial charge is 0.492 e. The fourth-order valence-corrected chi connectivity index (χ4v) is 3.63. The van der Waals surface area contributed by atoms with Gasteiger partial charge in [-0.2, -0.15) is 0 Å². The van der Waals surface area contributed by atoms with E-state index in [1.807, 2.05) is 31.2 Å². The molecule has 1 atom stereocenters. The fourth-order valence-electron chi connectivity index (χ4n) is 2.07. The predicted molar refractivity (Wildman–Crippen MR) is 82.4 cm³/mol. The lowest BCUT2D eigenvalue weighted by atomic mass is 10.2. The number of rotatable bonds is 6. The lowest BCUT2D eigenvalue weighted by molar-refractivity contribution is 0.287. The van der Waals surface area contributed by atoms with E-state index >= 15 is 0 Å². The van der Waals surface area contributed by atoms with E-state index in [4.69, 9.17) is 9.26 Å². The van der Waals surface area contributed by atoms with E-state index < -0.39 is 10.0 Å². The van der Waals surface area contributed by atoms with Crippen LogP contribution < -0.4 is 9.46 Å². The molecule has 1 heterocycles. The highest BCUT2D eigenvalue weighted by molar-refractivity contribution is 7.89. The minimum absolute atomic E-state index is 0.0923. The lowest BCUT2D eigenvalue weighted by Gasteiger charge is -2.15. The van der Waals surface area contributed by atoms with Crippen LogP contribution in [0.2, 0.25) is 0 Å². The van der Waals surface area contributed by atoms with Gasteiger partial charge in [0.05, 0.1) is 6.04 Å². The zero-order chi connectivity index (χ0) is 16.3. The summed E-state index contributed by atoms with van der Waals surface area (Å²) >= 11 is 0. The summed E-state index contributed by atoms with van der Waals surface area (Å²) in [5, 5.41) is 3.67. The predicted octanol–water partition coefficient (Wildman–Crippen LogP) is 2.35. The Hall–Kier alpha value is -1.86. The van der Waals surface area contributed by atoms with Gasteiger partial charge in [0.25, 0.3) is 0 Å². The number of ether oxygens (including phenoxy) is 1. The van der Waals surface area contributed by atoms with Crippen LogP contribution in [0.25, 0.3) is 0 Å². The van der Waals surface area contributed by atoms with Crippen molar-refractivity contribution in [3.63, 3.8) is 0 Å². The Bertz CT molecular complexity index is 716. The maximum atomic E-state index is 12.3. The SMILES string of the molecule is Cc1ccc(OCC(C)NS(=O)(=O)c2c(C)noc2C)cc1. The molecule has 0 bridgehead atoms. The van der Waals surface area contributed by atoms with Crippen LogP contribution in [0.3, 0.4) is 0 Å². The van der Waals surface area contributed by atoms with Crippen molar-refractivity contribution in [3.8, 4) is 5.75 Å². The smallest absolute Gasteiger partial charge is 0.246 e. The first-order valence-electron chi connectivity index (χ1n) is 6.94. The second-order valence-corrected chi connectivity index (χ2v) is 6.95. The van der Waals surface area contributed by atoms with Crippen LogP contribution in [0.15, 0.2) is 33.7 Å². The second kappa shape index (κ2) is 6.50. The third-order valence-corrected chi connectivity index (χ3v) is 4.95. The van der Waals surface area contributed by atoms with Gasteiger partial charge in [-0.05, 0) is 39.8 Å². The number of sulfonamides is 1. The maximum Gasteiger partial charge on any atom is 0.246 e. The normalized spacial score (nSPS) is 13.1. The van der Waals surface area contributed by atoms with Crippen LogP contribution in [0, 0.1) is 20.8 Å². The van der Waals surface area contributed by atoms with Crippen LogP contribution in [-0.2, 0) is 10.0 Å². The fraction of sp³-hybridized carbons (Fsp3) is 0.400. The van der Waals surface area contributed by atoms with Gasteiger partial charge in [0, 0.05) is 0 Å². The van der Waals surface area contributed by atoms with Crippen molar-refractivity contribution in [3.05, 3.63) is 41.3 Å². The molecule has 6 nitrogen and oxygen atoms in total. The van der Waals surface area contributed by atoms with Gasteiger partial charge in [0.2, 0.25) is 10.0 Å². The van der Waals surface area contributed by atoms with Gasteiger partial charge in [-0.1, -0.05) is 22.9 Å². The van der Waals surface area contributed by atoms with E-state index in [-0.39, 0.29) is 23.3 Å². The molecular weight excluding hydrogens is 304 g/mol. The molecule has 2 rings (SSSR count). The number of benzene rings is 1. The Labute approximate surface area is 130 Å². The van der Waals surface area contributed by atoms with Gasteiger partial charge in [-0.25, -0.2) is 13.1 Å². The first-order valence-corrected chi connectivity index (χ1v) is 8.42. The molecule has 0 aliphatic carbocycles. The molecule has 1 aromatic carbocycles. The molecule has 0 aliphatic heterocycles. The van der Waals surface area contributed by atoms with E-state index in [0.717, 1.165) is 5.56 Å². The summed E-state index contributed by atoms with van der Waals surface area (Å²) in [5.41, 5.74) is 1.48. The molecule has 2 aromatic rings. The summed E-state index contributed by atoms with van der Waals surface area (Å²) in [4.78, 5) is 0.0923. The molecule has 0 aliphatic rings. The molecular formula is C15H20N2O4S. The summed E-state index contributed by atoms with van der Waals surface area (Å²) in [6.45, 7) is 7.13. The monoisotopic (exact) mass is 324 g/mol. The highest BCUT2D eigenvalue weighted by Gasteiger charge is 2.25. The van der Waals surface area contributed by atoms with E-state index in [9.17, 15) is 8.42 Å². The first-order chi connectivity index (χ1) is 10.3. The molecule has 120 valence electrons. The van der Waals surface area contributed by atoms with E-state index in [2.05, 4.69) is 9.88 Å². The van der Waals surface area contributed by atoms with Crippen LogP contribution in [0.4, 0.5) is 0 Å². The molecule has 0 fully saturated rings. The summed E-state index contributed by atoms with van der Waals surface area (Å²) in [5.74, 6) is 0.977. The average Bonchev–Trinajstić information content (AvgIpc) is 2.77. The van der Waals surface area contributed by atoms with Crippen molar-refractivity contribution in [1.82, 2.24) is 9.88 Å². The van der Waals surface area contributed by atoms with Gasteiger partial charge in [0.15, 0.2) is 5.76 Å². The number of hydrogen-bond acceptors (Lipinski definition) is 5. The third kappa shape index (κ3) is 3.86. The molecule has 1 aromatic heterocycles. The highest BCUT2D eigenvalue weighted by atomic mass is 32.2. The van der Waals surface area contributed by atoms with Crippen LogP contribution in [-0.4, -0.2) is 26.2 Å². The Morgan fingerprint density at radius 1 is 1.23 bits per heavy atom. The van der Waals surface area contributed by atoms with E-state index in [0.29, 0.717) is 11.4 Å². The number of aryl methyl sites for hydroxylation is 3. The summed E-state index contributed by atoms with van der Waals surface area (Å²) < 4.78 is 37.7. The first kappa shape index (κ1) is 16.5. The van der Waals surface area contributed by atoms with Gasteiger partial charge in [-0.3, -0.25) is 0 Å². The standard InChI is InChI=1S/C15H20N2O4S/c1-10-5-7-14(8-6-10)20-9-11(2)17-22(18,19)15-12(3)16-21-13(15)4/h5-8,11,17H,9H2,1-4H3. The van der Waals surface area contributed by atoms with Crippen molar-refractivity contribution >= 4 is 10.0 Å². The molecule has 0 spiro atoms. The van der Waals surface area contributed by atoms with Crippen molar-refractivity contribution < 1.29 is 17.7 Å². The molecule has 0 amide bonds. The molecule has 0 radical (unpaired) electrons. The highest BCUT2D eigenvalue weighted by Crippen LogP contribution is 2.19. The summed E-state index contributed by atoms with van der Waals surface area (Å²) in [7, 11) is -3.67. The van der Waals surface area contributed by atoms with Crippen LogP contribution in [0.1, 0.15) is 23.9 Å². The molecule has 1 N–H and O–H groups in total. The van der Waals surface area contributed by atoms with E-state index in [1.165, 1.54) is 0 Å². The zero-order valence-electron chi connectivity index (χ0n) is 13.1. The molecule has 7 heteroatoms. The topological polar surface area (TPSA) is 81.4 Å². The van der Waals surface area contributed by atoms with Crippen molar-refractivity contribution in [2.75, 3.05) is 6.61 Å². The van der Waals surface area contributed by atoms with Gasteiger partial charge < -0.3 is 9.26 Å². The second-order valence-electron chi connectivity index (χ2n) is 5.30. The number of hydrogen-bond donors (Lipinski definition) is 1. The average molecular weight is 324 g/mol. The van der Waals surface area contributed by atoms with Crippen molar-refractivity contribution in [1.29, 1.82) is 0 Å². The summed E-state index contributed by atoms with van der Waals surface area (Å²) in [6, 6.07) is 7.19. The minimum atomic E-state index is -3.67. The van der Waals surface area contributed by atoms with Crippen LogP contribution in [0.5, 0.6) is 5.75 Å². The van der Waals surface area contributed by atoms with Crippen molar-refractivity contribution in [2.24, 2.45) is 0 Å². The Kier molecular flexibility index (Phi) is 4.87. The number of nitrogens with zero attached hydrogens (tertiary/aromatic N) is 1. The number of aromatic nitrogens is 1. The molecule has 1 unspecified atom stereocenters. The molecule has 0 saturated heterocycles.